The maximum atomic E-state index is 13.5. The normalized spacial score (nSPS) is 20.6. The van der Waals surface area contributed by atoms with Crippen LogP contribution in [0.1, 0.15) is 36.2 Å². The van der Waals surface area contributed by atoms with Crippen LogP contribution < -0.4 is 0 Å². The van der Waals surface area contributed by atoms with Crippen molar-refractivity contribution in [1.82, 2.24) is 14.8 Å². The van der Waals surface area contributed by atoms with E-state index < -0.39 is 6.04 Å². The Morgan fingerprint density at radius 1 is 1.12 bits per heavy atom. The second-order valence-corrected chi connectivity index (χ2v) is 9.26. The number of carbonyl (C=O) groups is 2. The van der Waals surface area contributed by atoms with E-state index in [-0.39, 0.29) is 24.4 Å². The van der Waals surface area contributed by atoms with Crippen LogP contribution in [0.15, 0.2) is 53.0 Å². The molecule has 1 aromatic heterocycles. The van der Waals surface area contributed by atoms with Gasteiger partial charge in [0.2, 0.25) is 11.8 Å². The fourth-order valence-electron chi connectivity index (χ4n) is 5.01. The van der Waals surface area contributed by atoms with Crippen molar-refractivity contribution in [2.75, 3.05) is 26.3 Å². The molecule has 6 nitrogen and oxygen atoms in total. The Bertz CT molecular complexity index is 1160. The number of hydrogen-bond acceptors (Lipinski definition) is 3. The summed E-state index contributed by atoms with van der Waals surface area (Å²) < 4.78 is 6.40. The van der Waals surface area contributed by atoms with E-state index in [1.807, 2.05) is 48.2 Å². The summed E-state index contributed by atoms with van der Waals surface area (Å²) in [7, 11) is 0. The number of carbonyl (C=O) groups excluding carboxylic acids is 2. The molecule has 2 aliphatic heterocycles. The lowest BCUT2D eigenvalue weighted by molar-refractivity contribution is -0.158. The first-order chi connectivity index (χ1) is 15.6. The largest absolute Gasteiger partial charge is 0.382 e. The average Bonchev–Trinajstić information content (AvgIpc) is 3.17. The van der Waals surface area contributed by atoms with Crippen LogP contribution in [0.2, 0.25) is 0 Å². The maximum absolute atomic E-state index is 13.5. The summed E-state index contributed by atoms with van der Waals surface area (Å²) in [6, 6.07) is 15.4. The Morgan fingerprint density at radius 3 is 2.69 bits per heavy atom. The van der Waals surface area contributed by atoms with Crippen LogP contribution >= 0.6 is 15.9 Å². The van der Waals surface area contributed by atoms with Gasteiger partial charge >= 0.3 is 0 Å². The Hall–Kier alpha value is -2.64. The Kier molecular flexibility index (Phi) is 5.78. The topological polar surface area (TPSA) is 65.6 Å². The third-order valence-electron chi connectivity index (χ3n) is 6.45. The molecule has 0 saturated carbocycles. The number of para-hydroxylation sites is 1. The number of benzene rings is 2. The van der Waals surface area contributed by atoms with Gasteiger partial charge < -0.3 is 19.5 Å². The Balaban J connectivity index is 1.56. The molecule has 0 bridgehead atoms. The molecule has 2 atom stereocenters. The van der Waals surface area contributed by atoms with Gasteiger partial charge in [0.15, 0.2) is 0 Å². The molecule has 3 heterocycles. The van der Waals surface area contributed by atoms with Crippen molar-refractivity contribution < 1.29 is 14.3 Å². The molecule has 166 valence electrons. The number of aromatic nitrogens is 1. The summed E-state index contributed by atoms with van der Waals surface area (Å²) in [5.41, 5.74) is 4.17. The second kappa shape index (κ2) is 8.71. The van der Waals surface area contributed by atoms with Gasteiger partial charge in [-0.1, -0.05) is 46.3 Å². The summed E-state index contributed by atoms with van der Waals surface area (Å²) in [5, 5.41) is 1.12. The zero-order valence-corrected chi connectivity index (χ0v) is 19.6. The van der Waals surface area contributed by atoms with E-state index in [0.29, 0.717) is 26.2 Å². The number of H-pyrrole nitrogens is 1. The first-order valence-electron chi connectivity index (χ1n) is 11.1. The van der Waals surface area contributed by atoms with Crippen LogP contribution in [0, 0.1) is 0 Å². The van der Waals surface area contributed by atoms with Gasteiger partial charge in [0.1, 0.15) is 6.04 Å². The zero-order chi connectivity index (χ0) is 22.2. The molecule has 5 rings (SSSR count). The van der Waals surface area contributed by atoms with Crippen molar-refractivity contribution in [1.29, 1.82) is 0 Å². The fourth-order valence-corrected chi connectivity index (χ4v) is 5.27. The van der Waals surface area contributed by atoms with Crippen molar-refractivity contribution in [2.24, 2.45) is 0 Å². The predicted molar refractivity (Wildman–Crippen MR) is 126 cm³/mol. The Morgan fingerprint density at radius 2 is 1.91 bits per heavy atom. The van der Waals surface area contributed by atoms with Crippen LogP contribution in [-0.2, 0) is 20.7 Å². The minimum Gasteiger partial charge on any atom is -0.382 e. The molecule has 2 amide bonds. The number of aromatic amines is 1. The first-order valence-corrected chi connectivity index (χ1v) is 11.9. The molecular weight excluding hydrogens is 470 g/mol. The van der Waals surface area contributed by atoms with Crippen molar-refractivity contribution in [3.63, 3.8) is 0 Å². The lowest BCUT2D eigenvalue weighted by Crippen LogP contribution is -2.63. The molecule has 7 heteroatoms. The van der Waals surface area contributed by atoms with E-state index in [2.05, 4.69) is 33.0 Å². The summed E-state index contributed by atoms with van der Waals surface area (Å²) in [6.07, 6.45) is 1.26. The van der Waals surface area contributed by atoms with Crippen molar-refractivity contribution in [2.45, 2.75) is 31.8 Å². The number of nitrogens with zero attached hydrogens (tertiary/aromatic N) is 2. The molecule has 1 unspecified atom stereocenters. The van der Waals surface area contributed by atoms with Gasteiger partial charge in [-0.05, 0) is 42.7 Å². The summed E-state index contributed by atoms with van der Waals surface area (Å²) in [5.74, 6) is 0.0161. The third kappa shape index (κ3) is 3.63. The number of fused-ring (bicyclic) bond motifs is 4. The molecule has 0 spiro atoms. The van der Waals surface area contributed by atoms with Crippen molar-refractivity contribution in [3.8, 4) is 0 Å². The molecule has 2 aromatic carbocycles. The molecule has 32 heavy (non-hydrogen) atoms. The standard InChI is InChI=1S/C25H26BrN3O3/c1-2-32-13-5-12-28-15-22(30)29-21(25(28)31)14-19-18-6-3-4-7-20(18)27-23(19)24(29)16-8-10-17(26)11-9-16/h3-4,6-11,21,24,27H,2,5,12-15H2,1H3/t21-,24?/m0/s1. The molecule has 0 radical (unpaired) electrons. The quantitative estimate of drug-likeness (QED) is 0.524. The van der Waals surface area contributed by atoms with Gasteiger partial charge in [-0.2, -0.15) is 0 Å². The van der Waals surface area contributed by atoms with E-state index in [0.717, 1.165) is 38.6 Å². The highest BCUT2D eigenvalue weighted by atomic mass is 79.9. The molecule has 1 saturated heterocycles. The third-order valence-corrected chi connectivity index (χ3v) is 6.98. The molecule has 0 aliphatic carbocycles. The van der Waals surface area contributed by atoms with E-state index >= 15 is 0 Å². The molecule has 1 fully saturated rings. The molecule has 3 aromatic rings. The fraction of sp³-hybridized carbons (Fsp3) is 0.360. The zero-order valence-electron chi connectivity index (χ0n) is 18.0. The first kappa shape index (κ1) is 21.2. The van der Waals surface area contributed by atoms with Gasteiger partial charge in [0.05, 0.1) is 12.6 Å². The number of amides is 2. The minimum absolute atomic E-state index is 0.0109. The number of hydrogen-bond donors (Lipinski definition) is 1. The summed E-state index contributed by atoms with van der Waals surface area (Å²) in [4.78, 5) is 34.0. The average molecular weight is 496 g/mol. The highest BCUT2D eigenvalue weighted by molar-refractivity contribution is 9.10. The number of rotatable bonds is 6. The predicted octanol–water partition coefficient (Wildman–Crippen LogP) is 4.04. The summed E-state index contributed by atoms with van der Waals surface area (Å²) >= 11 is 3.50. The van der Waals surface area contributed by atoms with Gasteiger partial charge in [-0.25, -0.2) is 0 Å². The highest BCUT2D eigenvalue weighted by Gasteiger charge is 2.48. The van der Waals surface area contributed by atoms with Gasteiger partial charge in [-0.15, -0.1) is 0 Å². The van der Waals surface area contributed by atoms with Crippen LogP contribution in [0.25, 0.3) is 10.9 Å². The summed E-state index contributed by atoms with van der Waals surface area (Å²) in [6.45, 7) is 3.86. The number of piperazine rings is 1. The van der Waals surface area contributed by atoms with Crippen molar-refractivity contribution in [3.05, 3.63) is 69.8 Å². The van der Waals surface area contributed by atoms with Crippen LogP contribution in [-0.4, -0.2) is 58.9 Å². The number of nitrogens with one attached hydrogen (secondary N) is 1. The second-order valence-electron chi connectivity index (χ2n) is 8.35. The SMILES string of the molecule is CCOCCCN1CC(=O)N2C(c3ccc(Br)cc3)c3[nH]c4ccccc4c3C[C@H]2C1=O. The number of ether oxygens (including phenoxy) is 1. The lowest BCUT2D eigenvalue weighted by atomic mass is 9.86. The Labute approximate surface area is 195 Å². The molecule has 1 N–H and O–H groups in total. The lowest BCUT2D eigenvalue weighted by Gasteiger charge is -2.47. The van der Waals surface area contributed by atoms with Gasteiger partial charge in [0.25, 0.3) is 0 Å². The van der Waals surface area contributed by atoms with Gasteiger partial charge in [-0.3, -0.25) is 9.59 Å². The monoisotopic (exact) mass is 495 g/mol. The van der Waals surface area contributed by atoms with E-state index in [9.17, 15) is 9.59 Å². The molecule has 2 aliphatic rings. The van der Waals surface area contributed by atoms with Crippen molar-refractivity contribution >= 4 is 38.6 Å². The van der Waals surface area contributed by atoms with E-state index in [4.69, 9.17) is 4.74 Å². The number of halogens is 1. The highest BCUT2D eigenvalue weighted by Crippen LogP contribution is 2.42. The molecular formula is C25H26BrN3O3. The smallest absolute Gasteiger partial charge is 0.246 e. The van der Waals surface area contributed by atoms with Gasteiger partial charge in [0, 0.05) is 47.2 Å². The maximum Gasteiger partial charge on any atom is 0.246 e. The van der Waals surface area contributed by atoms with Crippen LogP contribution in [0.3, 0.4) is 0 Å². The van der Waals surface area contributed by atoms with Crippen LogP contribution in [0.4, 0.5) is 0 Å². The minimum atomic E-state index is -0.497. The van der Waals surface area contributed by atoms with E-state index in [1.54, 1.807) is 4.90 Å². The van der Waals surface area contributed by atoms with Crippen LogP contribution in [0.5, 0.6) is 0 Å². The van der Waals surface area contributed by atoms with E-state index in [1.165, 1.54) is 0 Å².